The second-order valence-electron chi connectivity index (χ2n) is 10.4. The van der Waals surface area contributed by atoms with Crippen molar-refractivity contribution < 1.29 is 14.3 Å². The molecule has 0 aromatic heterocycles. The number of carbonyl (C=O) groups is 2. The van der Waals surface area contributed by atoms with Gasteiger partial charge in [-0.2, -0.15) is 0 Å². The molecule has 4 rings (SSSR count). The SMILES string of the molecule is CCN(CC)c1ccc([C@@H]2C(C(=O)OCc3ccccc3)=C(C)N=C3CC(C)(C)CC(=O)C32)cc1. The number of Topliss-reactive ketones (excluding diaryl/α,β-unsaturated/α-hetero) is 1. The third-order valence-corrected chi connectivity index (χ3v) is 7.18. The molecule has 0 amide bonds. The van der Waals surface area contributed by atoms with Crippen LogP contribution in [-0.2, 0) is 20.9 Å². The highest BCUT2D eigenvalue weighted by atomic mass is 16.5. The molecular formula is C30H36N2O3. The van der Waals surface area contributed by atoms with Gasteiger partial charge in [-0.15, -0.1) is 0 Å². The van der Waals surface area contributed by atoms with Crippen molar-refractivity contribution in [3.63, 3.8) is 0 Å². The van der Waals surface area contributed by atoms with Crippen molar-refractivity contribution in [2.45, 2.75) is 60.0 Å². The first-order valence-corrected chi connectivity index (χ1v) is 12.6. The minimum atomic E-state index is -0.426. The normalized spacial score (nSPS) is 21.3. The molecule has 5 nitrogen and oxygen atoms in total. The topological polar surface area (TPSA) is 59.0 Å². The first-order chi connectivity index (χ1) is 16.7. The maximum atomic E-state index is 13.5. The van der Waals surface area contributed by atoms with Crippen LogP contribution in [0.4, 0.5) is 5.69 Å². The molecule has 0 saturated heterocycles. The number of nitrogens with zero attached hydrogens (tertiary/aromatic N) is 2. The summed E-state index contributed by atoms with van der Waals surface area (Å²) in [6.07, 6.45) is 1.23. The second kappa shape index (κ2) is 10.2. The second-order valence-corrected chi connectivity index (χ2v) is 10.4. The number of rotatable bonds is 7. The zero-order chi connectivity index (χ0) is 25.2. The highest BCUT2D eigenvalue weighted by molar-refractivity contribution is 6.12. The van der Waals surface area contributed by atoms with Crippen LogP contribution in [0.5, 0.6) is 0 Å². The Balaban J connectivity index is 1.73. The lowest BCUT2D eigenvalue weighted by molar-refractivity contribution is -0.140. The molecule has 1 aliphatic heterocycles. The quantitative estimate of drug-likeness (QED) is 0.457. The molecule has 2 atom stereocenters. The van der Waals surface area contributed by atoms with Crippen molar-refractivity contribution in [3.05, 3.63) is 77.0 Å². The zero-order valence-corrected chi connectivity index (χ0v) is 21.5. The van der Waals surface area contributed by atoms with Crippen molar-refractivity contribution in [2.24, 2.45) is 16.3 Å². The third kappa shape index (κ3) is 5.24. The van der Waals surface area contributed by atoms with Gasteiger partial charge in [0.05, 0.1) is 11.5 Å². The summed E-state index contributed by atoms with van der Waals surface area (Å²) in [7, 11) is 0. The predicted octanol–water partition coefficient (Wildman–Crippen LogP) is 6.09. The number of hydrogen-bond acceptors (Lipinski definition) is 5. The van der Waals surface area contributed by atoms with E-state index in [-0.39, 0.29) is 23.7 Å². The Bertz CT molecular complexity index is 1140. The van der Waals surface area contributed by atoms with E-state index in [1.807, 2.05) is 37.3 Å². The third-order valence-electron chi connectivity index (χ3n) is 7.18. The summed E-state index contributed by atoms with van der Waals surface area (Å²) in [6, 6.07) is 18.0. The Morgan fingerprint density at radius 3 is 2.29 bits per heavy atom. The molecule has 1 unspecified atom stereocenters. The Morgan fingerprint density at radius 2 is 1.66 bits per heavy atom. The summed E-state index contributed by atoms with van der Waals surface area (Å²) in [5.74, 6) is -1.06. The fraction of sp³-hybridized carbons (Fsp3) is 0.433. The highest BCUT2D eigenvalue weighted by Gasteiger charge is 2.47. The van der Waals surface area contributed by atoms with Gasteiger partial charge in [0.15, 0.2) is 0 Å². The van der Waals surface area contributed by atoms with Gasteiger partial charge in [0.2, 0.25) is 0 Å². The monoisotopic (exact) mass is 472 g/mol. The predicted molar refractivity (Wildman–Crippen MR) is 141 cm³/mol. The van der Waals surface area contributed by atoms with E-state index in [9.17, 15) is 9.59 Å². The number of allylic oxidation sites excluding steroid dienone is 1. The number of ketones is 1. The van der Waals surface area contributed by atoms with E-state index < -0.39 is 11.9 Å². The molecule has 1 fully saturated rings. The van der Waals surface area contributed by atoms with Gasteiger partial charge >= 0.3 is 5.97 Å². The van der Waals surface area contributed by atoms with Gasteiger partial charge in [-0.25, -0.2) is 4.79 Å². The first kappa shape index (κ1) is 24.9. The van der Waals surface area contributed by atoms with Crippen LogP contribution in [0, 0.1) is 11.3 Å². The molecule has 0 bridgehead atoms. The molecule has 184 valence electrons. The largest absolute Gasteiger partial charge is 0.457 e. The minimum absolute atomic E-state index is 0.130. The van der Waals surface area contributed by atoms with E-state index in [1.165, 1.54) is 0 Å². The number of hydrogen-bond donors (Lipinski definition) is 0. The van der Waals surface area contributed by atoms with Crippen LogP contribution in [0.25, 0.3) is 0 Å². The molecule has 2 aromatic carbocycles. The van der Waals surface area contributed by atoms with Crippen LogP contribution in [0.15, 0.2) is 70.9 Å². The number of esters is 1. The number of anilines is 1. The van der Waals surface area contributed by atoms with Crippen LogP contribution in [0.3, 0.4) is 0 Å². The molecule has 2 aromatic rings. The molecule has 1 heterocycles. The molecule has 0 radical (unpaired) electrons. The van der Waals surface area contributed by atoms with Crippen LogP contribution < -0.4 is 4.90 Å². The summed E-state index contributed by atoms with van der Waals surface area (Å²) in [5, 5.41) is 0. The van der Waals surface area contributed by atoms with Crippen molar-refractivity contribution in [1.82, 2.24) is 0 Å². The van der Waals surface area contributed by atoms with Gasteiger partial charge in [-0.05, 0) is 55.9 Å². The van der Waals surface area contributed by atoms with Crippen molar-refractivity contribution >= 4 is 23.2 Å². The number of carbonyl (C=O) groups excluding carboxylic acids is 2. The van der Waals surface area contributed by atoms with Crippen molar-refractivity contribution in [2.75, 3.05) is 18.0 Å². The molecule has 1 saturated carbocycles. The maximum Gasteiger partial charge on any atom is 0.336 e. The van der Waals surface area contributed by atoms with Gasteiger partial charge in [-0.3, -0.25) is 9.79 Å². The summed E-state index contributed by atoms with van der Waals surface area (Å²) in [6.45, 7) is 12.4. The van der Waals surface area contributed by atoms with E-state index in [4.69, 9.17) is 9.73 Å². The smallest absolute Gasteiger partial charge is 0.336 e. The average Bonchev–Trinajstić information content (AvgIpc) is 2.83. The van der Waals surface area contributed by atoms with Gasteiger partial charge in [0, 0.05) is 42.5 Å². The Hall–Kier alpha value is -3.21. The van der Waals surface area contributed by atoms with Crippen LogP contribution >= 0.6 is 0 Å². The fourth-order valence-electron chi connectivity index (χ4n) is 5.50. The highest BCUT2D eigenvalue weighted by Crippen LogP contribution is 2.47. The summed E-state index contributed by atoms with van der Waals surface area (Å²) in [5.41, 5.74) is 4.92. The minimum Gasteiger partial charge on any atom is -0.457 e. The Labute approximate surface area is 208 Å². The molecule has 0 N–H and O–H groups in total. The number of fused-ring (bicyclic) bond motifs is 1. The van der Waals surface area contributed by atoms with Crippen molar-refractivity contribution in [3.8, 4) is 0 Å². The van der Waals surface area contributed by atoms with Crippen LogP contribution in [-0.4, -0.2) is 30.6 Å². The van der Waals surface area contributed by atoms with E-state index in [1.54, 1.807) is 0 Å². The maximum absolute atomic E-state index is 13.5. The lowest BCUT2D eigenvalue weighted by Crippen LogP contribution is -2.44. The lowest BCUT2D eigenvalue weighted by atomic mass is 9.63. The van der Waals surface area contributed by atoms with Gasteiger partial charge in [-0.1, -0.05) is 56.3 Å². The molecule has 2 aliphatic rings. The molecule has 0 spiro atoms. The zero-order valence-electron chi connectivity index (χ0n) is 21.5. The van der Waals surface area contributed by atoms with Crippen LogP contribution in [0.1, 0.15) is 64.5 Å². The van der Waals surface area contributed by atoms with E-state index in [0.717, 1.165) is 42.0 Å². The molecule has 1 aliphatic carbocycles. The molecule has 5 heteroatoms. The fourth-order valence-corrected chi connectivity index (χ4v) is 5.50. The van der Waals surface area contributed by atoms with E-state index in [2.05, 4.69) is 56.9 Å². The lowest BCUT2D eigenvalue weighted by Gasteiger charge is -2.41. The number of ether oxygens (including phenoxy) is 1. The number of benzene rings is 2. The Kier molecular flexibility index (Phi) is 7.25. The standard InChI is InChI=1S/C30H36N2O3/c1-6-32(7-2)23-15-13-22(14-16-23)27-26(29(34)35-19-21-11-9-8-10-12-21)20(3)31-24-17-30(4,5)18-25(33)28(24)27/h8-16,27-28H,6-7,17-19H2,1-5H3/t27-,28?/m1/s1. The van der Waals surface area contributed by atoms with Crippen molar-refractivity contribution in [1.29, 1.82) is 0 Å². The van der Waals surface area contributed by atoms with Crippen LogP contribution in [0.2, 0.25) is 0 Å². The first-order valence-electron chi connectivity index (χ1n) is 12.6. The van der Waals surface area contributed by atoms with E-state index >= 15 is 0 Å². The number of aliphatic imine (C=N–C) groups is 1. The average molecular weight is 473 g/mol. The molecular weight excluding hydrogens is 436 g/mol. The van der Waals surface area contributed by atoms with E-state index in [0.29, 0.717) is 17.7 Å². The molecule has 35 heavy (non-hydrogen) atoms. The summed E-state index contributed by atoms with van der Waals surface area (Å²) >= 11 is 0. The van der Waals surface area contributed by atoms with Gasteiger partial charge in [0.1, 0.15) is 12.4 Å². The summed E-state index contributed by atoms with van der Waals surface area (Å²) in [4.78, 5) is 34.1. The van der Waals surface area contributed by atoms with Gasteiger partial charge in [0.25, 0.3) is 0 Å². The van der Waals surface area contributed by atoms with Gasteiger partial charge < -0.3 is 9.64 Å². The Morgan fingerprint density at radius 1 is 1.00 bits per heavy atom. The summed E-state index contributed by atoms with van der Waals surface area (Å²) < 4.78 is 5.76.